The second-order valence-corrected chi connectivity index (χ2v) is 6.16. The van der Waals surface area contributed by atoms with Gasteiger partial charge in [-0.2, -0.15) is 0 Å². The van der Waals surface area contributed by atoms with Gasteiger partial charge in [0, 0.05) is 0 Å². The number of rotatable bonds is 8. The largest absolute Gasteiger partial charge is 0.394 e. The third-order valence-corrected chi connectivity index (χ3v) is 3.91. The van der Waals surface area contributed by atoms with Crippen molar-refractivity contribution >= 4 is 0 Å². The summed E-state index contributed by atoms with van der Waals surface area (Å²) < 4.78 is 10.7. The third kappa shape index (κ3) is 5.96. The molecule has 0 aromatic carbocycles. The van der Waals surface area contributed by atoms with Gasteiger partial charge in [0.15, 0.2) is 6.29 Å². The molecule has 0 saturated carbocycles. The molecule has 1 aliphatic rings. The normalized spacial score (nSPS) is 34.9. The zero-order chi connectivity index (χ0) is 17.6. The number of aliphatic hydroxyl groups is 5. The van der Waals surface area contributed by atoms with Gasteiger partial charge >= 0.3 is 0 Å². The van der Waals surface area contributed by atoms with E-state index in [-0.39, 0.29) is 6.61 Å². The zero-order valence-electron chi connectivity index (χ0n) is 13.6. The van der Waals surface area contributed by atoms with Crippen LogP contribution in [0.1, 0.15) is 26.7 Å². The lowest BCUT2D eigenvalue weighted by Gasteiger charge is -2.39. The second-order valence-electron chi connectivity index (χ2n) is 6.16. The van der Waals surface area contributed by atoms with Crippen molar-refractivity contribution in [2.75, 3.05) is 13.2 Å². The Kier molecular flexibility index (Phi) is 7.82. The van der Waals surface area contributed by atoms with Crippen molar-refractivity contribution in [3.05, 3.63) is 24.3 Å². The van der Waals surface area contributed by atoms with Gasteiger partial charge in [0.1, 0.15) is 24.4 Å². The van der Waals surface area contributed by atoms with Crippen LogP contribution in [0.15, 0.2) is 24.3 Å². The number of aliphatic hydroxyl groups excluding tert-OH is 4. The Labute approximate surface area is 136 Å². The van der Waals surface area contributed by atoms with E-state index in [1.54, 1.807) is 6.92 Å². The first-order chi connectivity index (χ1) is 10.7. The molecular weight excluding hydrogens is 304 g/mol. The molecule has 0 spiro atoms. The molecule has 23 heavy (non-hydrogen) atoms. The lowest BCUT2D eigenvalue weighted by Crippen LogP contribution is -2.59. The lowest BCUT2D eigenvalue weighted by molar-refractivity contribution is -0.299. The maximum absolute atomic E-state index is 9.84. The lowest BCUT2D eigenvalue weighted by atomic mass is 9.99. The molecule has 0 aromatic rings. The molecule has 1 fully saturated rings. The van der Waals surface area contributed by atoms with Crippen molar-refractivity contribution in [1.82, 2.24) is 0 Å². The molecule has 0 bridgehead atoms. The Hall–Kier alpha value is -0.800. The predicted octanol–water partition coefficient (Wildman–Crippen LogP) is -0.534. The third-order valence-electron chi connectivity index (χ3n) is 3.91. The molecule has 0 aromatic heterocycles. The quantitative estimate of drug-likeness (QED) is 0.379. The minimum Gasteiger partial charge on any atom is -0.394 e. The molecule has 0 radical (unpaired) electrons. The van der Waals surface area contributed by atoms with Gasteiger partial charge < -0.3 is 35.0 Å². The van der Waals surface area contributed by atoms with Gasteiger partial charge in [-0.1, -0.05) is 17.7 Å². The number of hydrogen-bond acceptors (Lipinski definition) is 7. The molecule has 7 nitrogen and oxygen atoms in total. The Morgan fingerprint density at radius 3 is 2.48 bits per heavy atom. The van der Waals surface area contributed by atoms with Gasteiger partial charge in [-0.15, -0.1) is 6.58 Å². The first-order valence-corrected chi connectivity index (χ1v) is 7.65. The molecule has 1 aliphatic heterocycles. The summed E-state index contributed by atoms with van der Waals surface area (Å²) in [5, 5.41) is 48.1. The number of ether oxygens (including phenoxy) is 2. The molecule has 1 saturated heterocycles. The molecule has 1 rings (SSSR count). The average Bonchev–Trinajstić information content (AvgIpc) is 2.52. The Morgan fingerprint density at radius 1 is 1.26 bits per heavy atom. The van der Waals surface area contributed by atoms with Crippen molar-refractivity contribution in [3.63, 3.8) is 0 Å². The maximum Gasteiger partial charge on any atom is 0.187 e. The first kappa shape index (κ1) is 20.2. The SMILES string of the molecule is C=CC(C)(O)CCC=C(C)COC1OC(CO)C(O)C(O)C1O. The summed E-state index contributed by atoms with van der Waals surface area (Å²) in [6.45, 7) is 6.72. The minimum atomic E-state index is -1.45. The number of allylic oxidation sites excluding steroid dienone is 1. The van der Waals surface area contributed by atoms with Crippen LogP contribution < -0.4 is 0 Å². The van der Waals surface area contributed by atoms with Crippen molar-refractivity contribution in [1.29, 1.82) is 0 Å². The van der Waals surface area contributed by atoms with Crippen molar-refractivity contribution in [2.24, 2.45) is 0 Å². The van der Waals surface area contributed by atoms with Crippen LogP contribution in [0.5, 0.6) is 0 Å². The summed E-state index contributed by atoms with van der Waals surface area (Å²) in [4.78, 5) is 0. The van der Waals surface area contributed by atoms with Crippen LogP contribution in [0.2, 0.25) is 0 Å². The van der Waals surface area contributed by atoms with Crippen LogP contribution in [-0.4, -0.2) is 75.1 Å². The van der Waals surface area contributed by atoms with E-state index in [1.165, 1.54) is 6.08 Å². The summed E-state index contributed by atoms with van der Waals surface area (Å²) in [5.74, 6) is 0. The first-order valence-electron chi connectivity index (χ1n) is 7.65. The van der Waals surface area contributed by atoms with Crippen LogP contribution in [0.3, 0.4) is 0 Å². The van der Waals surface area contributed by atoms with Gasteiger partial charge in [0.25, 0.3) is 0 Å². The fourth-order valence-electron chi connectivity index (χ4n) is 2.19. The Balaban J connectivity index is 2.48. The summed E-state index contributed by atoms with van der Waals surface area (Å²) in [6.07, 6.45) is -1.83. The smallest absolute Gasteiger partial charge is 0.187 e. The molecule has 7 heteroatoms. The summed E-state index contributed by atoms with van der Waals surface area (Å²) >= 11 is 0. The van der Waals surface area contributed by atoms with Crippen molar-refractivity contribution in [3.8, 4) is 0 Å². The van der Waals surface area contributed by atoms with Gasteiger partial charge in [-0.05, 0) is 26.7 Å². The molecule has 0 amide bonds. The van der Waals surface area contributed by atoms with E-state index in [0.717, 1.165) is 5.57 Å². The Morgan fingerprint density at radius 2 is 1.91 bits per heavy atom. The molecular formula is C16H28O7. The molecule has 6 atom stereocenters. The van der Waals surface area contributed by atoms with E-state index >= 15 is 0 Å². The molecule has 5 N–H and O–H groups in total. The van der Waals surface area contributed by atoms with Crippen molar-refractivity contribution < 1.29 is 35.0 Å². The highest BCUT2D eigenvalue weighted by Gasteiger charge is 2.43. The fraction of sp³-hybridized carbons (Fsp3) is 0.750. The highest BCUT2D eigenvalue weighted by molar-refractivity contribution is 5.01. The van der Waals surface area contributed by atoms with Crippen LogP contribution in [0.4, 0.5) is 0 Å². The van der Waals surface area contributed by atoms with Crippen molar-refractivity contribution in [2.45, 2.75) is 63.0 Å². The second kappa shape index (κ2) is 8.89. The monoisotopic (exact) mass is 332 g/mol. The van der Waals surface area contributed by atoms with Gasteiger partial charge in [0.2, 0.25) is 0 Å². The predicted molar refractivity (Wildman–Crippen MR) is 83.5 cm³/mol. The van der Waals surface area contributed by atoms with E-state index in [4.69, 9.17) is 14.6 Å². The summed E-state index contributed by atoms with van der Waals surface area (Å²) in [5.41, 5.74) is -0.0589. The molecule has 0 aliphatic carbocycles. The van der Waals surface area contributed by atoms with Gasteiger partial charge in [-0.3, -0.25) is 0 Å². The van der Waals surface area contributed by atoms with E-state index in [1.807, 2.05) is 13.0 Å². The molecule has 6 unspecified atom stereocenters. The standard InChI is InChI=1S/C16H28O7/c1-4-16(3,21)7-5-6-10(2)9-22-15-14(20)13(19)12(18)11(8-17)23-15/h4,6,11-15,17-21H,1,5,7-9H2,2-3H3. The highest BCUT2D eigenvalue weighted by Crippen LogP contribution is 2.22. The summed E-state index contributed by atoms with van der Waals surface area (Å²) in [7, 11) is 0. The molecule has 1 heterocycles. The van der Waals surface area contributed by atoms with Gasteiger partial charge in [-0.25, -0.2) is 0 Å². The Bertz CT molecular complexity index is 405. The zero-order valence-corrected chi connectivity index (χ0v) is 13.6. The van der Waals surface area contributed by atoms with Gasteiger partial charge in [0.05, 0.1) is 18.8 Å². The summed E-state index contributed by atoms with van der Waals surface area (Å²) in [6, 6.07) is 0. The van der Waals surface area contributed by atoms with Crippen LogP contribution in [0, 0.1) is 0 Å². The van der Waals surface area contributed by atoms with E-state index < -0.39 is 42.9 Å². The van der Waals surface area contributed by atoms with E-state index in [9.17, 15) is 20.4 Å². The topological polar surface area (TPSA) is 120 Å². The van der Waals surface area contributed by atoms with E-state index in [2.05, 4.69) is 6.58 Å². The van der Waals surface area contributed by atoms with Crippen LogP contribution >= 0.6 is 0 Å². The average molecular weight is 332 g/mol. The number of hydrogen-bond donors (Lipinski definition) is 5. The van der Waals surface area contributed by atoms with Crippen LogP contribution in [0.25, 0.3) is 0 Å². The maximum atomic E-state index is 9.84. The fourth-order valence-corrected chi connectivity index (χ4v) is 2.19. The minimum absolute atomic E-state index is 0.152. The van der Waals surface area contributed by atoms with Crippen LogP contribution in [-0.2, 0) is 9.47 Å². The highest BCUT2D eigenvalue weighted by atomic mass is 16.7. The van der Waals surface area contributed by atoms with E-state index in [0.29, 0.717) is 12.8 Å². The molecule has 134 valence electrons.